The zero-order valence-corrected chi connectivity index (χ0v) is 54.9. The van der Waals surface area contributed by atoms with E-state index in [1.54, 1.807) is 0 Å². The highest BCUT2D eigenvalue weighted by Crippen LogP contribution is 2.20. The molecular formula is C74H147NO5. The number of aliphatic hydroxyl groups is 2. The number of ether oxygens (including phenoxy) is 1. The molecule has 3 N–H and O–H groups in total. The summed E-state index contributed by atoms with van der Waals surface area (Å²) in [6.07, 6.45) is 86.1. The predicted molar refractivity (Wildman–Crippen MR) is 352 cm³/mol. The highest BCUT2D eigenvalue weighted by Gasteiger charge is 2.20. The van der Waals surface area contributed by atoms with Crippen molar-refractivity contribution in [2.75, 3.05) is 13.2 Å². The monoisotopic (exact) mass is 1130 g/mol. The van der Waals surface area contributed by atoms with Crippen LogP contribution in [0.15, 0.2) is 0 Å². The molecule has 0 fully saturated rings. The Hall–Kier alpha value is -1.14. The first kappa shape index (κ1) is 78.9. The first-order chi connectivity index (χ1) is 39.5. The van der Waals surface area contributed by atoms with Gasteiger partial charge in [-0.3, -0.25) is 9.59 Å². The van der Waals surface area contributed by atoms with Crippen LogP contribution in [0.1, 0.15) is 438 Å². The second-order valence-electron chi connectivity index (χ2n) is 26.0. The van der Waals surface area contributed by atoms with Crippen molar-refractivity contribution < 1.29 is 24.5 Å². The maximum absolute atomic E-state index is 12.5. The molecule has 0 rings (SSSR count). The van der Waals surface area contributed by atoms with Gasteiger partial charge in [0.25, 0.3) is 0 Å². The van der Waals surface area contributed by atoms with E-state index in [1.165, 1.54) is 366 Å². The standard InChI is InChI=1S/C74H147NO5/c1-3-5-7-9-11-13-15-17-18-19-37-40-43-46-50-54-58-62-66-72(77)71(70-76)75-73(78)67-63-59-55-51-47-44-41-38-35-33-31-29-27-25-23-21-20-22-24-26-28-30-32-34-36-39-42-45-49-53-57-61-65-69-80-74(79)68-64-60-56-52-48-16-14-12-10-8-6-4-2/h71-72,76-77H,3-70H2,1-2H3,(H,75,78). The van der Waals surface area contributed by atoms with Crippen LogP contribution in [0.25, 0.3) is 0 Å². The van der Waals surface area contributed by atoms with Crippen LogP contribution in [-0.2, 0) is 14.3 Å². The van der Waals surface area contributed by atoms with Gasteiger partial charge in [0, 0.05) is 12.8 Å². The molecular weight excluding hydrogens is 983 g/mol. The lowest BCUT2D eigenvalue weighted by Gasteiger charge is -2.22. The fourth-order valence-corrected chi connectivity index (χ4v) is 12.2. The average molecular weight is 1130 g/mol. The molecule has 0 spiro atoms. The molecule has 0 aliphatic heterocycles. The Labute approximate surface area is 502 Å². The van der Waals surface area contributed by atoms with Crippen molar-refractivity contribution >= 4 is 11.9 Å². The van der Waals surface area contributed by atoms with Gasteiger partial charge in [0.1, 0.15) is 0 Å². The number of hydrogen-bond acceptors (Lipinski definition) is 5. The van der Waals surface area contributed by atoms with E-state index in [0.29, 0.717) is 25.9 Å². The van der Waals surface area contributed by atoms with E-state index >= 15 is 0 Å². The molecule has 0 aliphatic carbocycles. The number of esters is 1. The highest BCUT2D eigenvalue weighted by molar-refractivity contribution is 5.76. The van der Waals surface area contributed by atoms with Crippen LogP contribution >= 0.6 is 0 Å². The van der Waals surface area contributed by atoms with E-state index in [-0.39, 0.29) is 18.5 Å². The summed E-state index contributed by atoms with van der Waals surface area (Å²) in [4.78, 5) is 24.6. The molecule has 2 unspecified atom stereocenters. The minimum atomic E-state index is -0.660. The van der Waals surface area contributed by atoms with Gasteiger partial charge in [0.2, 0.25) is 5.91 Å². The number of carbonyl (C=O) groups excluding carboxylic acids is 2. The number of rotatable bonds is 71. The number of carbonyl (C=O) groups is 2. The molecule has 0 saturated heterocycles. The molecule has 2 atom stereocenters. The highest BCUT2D eigenvalue weighted by atomic mass is 16.5. The predicted octanol–water partition coefficient (Wildman–Crippen LogP) is 24.2. The minimum absolute atomic E-state index is 0.0236. The van der Waals surface area contributed by atoms with Crippen LogP contribution in [0.4, 0.5) is 0 Å². The normalized spacial score (nSPS) is 12.4. The van der Waals surface area contributed by atoms with Crippen LogP contribution in [0.3, 0.4) is 0 Å². The molecule has 0 saturated carbocycles. The molecule has 0 aromatic rings. The minimum Gasteiger partial charge on any atom is -0.466 e. The average Bonchev–Trinajstić information content (AvgIpc) is 3.46. The molecule has 0 radical (unpaired) electrons. The summed E-state index contributed by atoms with van der Waals surface area (Å²) < 4.78 is 5.49. The first-order valence-corrected chi connectivity index (χ1v) is 37.3. The van der Waals surface area contributed by atoms with Gasteiger partial charge in [0.15, 0.2) is 0 Å². The van der Waals surface area contributed by atoms with Crippen LogP contribution in [0, 0.1) is 0 Å². The molecule has 0 aliphatic rings. The van der Waals surface area contributed by atoms with E-state index in [4.69, 9.17) is 4.74 Å². The lowest BCUT2D eigenvalue weighted by atomic mass is 10.0. The third-order valence-electron chi connectivity index (χ3n) is 17.9. The van der Waals surface area contributed by atoms with Gasteiger partial charge in [-0.1, -0.05) is 399 Å². The van der Waals surface area contributed by atoms with Crippen LogP contribution in [-0.4, -0.2) is 47.4 Å². The Morgan fingerprint density at radius 1 is 0.300 bits per heavy atom. The Balaban J connectivity index is 3.31. The molecule has 80 heavy (non-hydrogen) atoms. The molecule has 1 amide bonds. The van der Waals surface area contributed by atoms with Crippen molar-refractivity contribution in [3.63, 3.8) is 0 Å². The van der Waals surface area contributed by atoms with Gasteiger partial charge >= 0.3 is 5.97 Å². The van der Waals surface area contributed by atoms with Gasteiger partial charge in [0.05, 0.1) is 25.4 Å². The summed E-state index contributed by atoms with van der Waals surface area (Å²) in [6.45, 7) is 5.01. The number of unbranched alkanes of at least 4 members (excludes halogenated alkanes) is 60. The Morgan fingerprint density at radius 2 is 0.512 bits per heavy atom. The third kappa shape index (κ3) is 66.0. The van der Waals surface area contributed by atoms with E-state index in [1.807, 2.05) is 0 Å². The first-order valence-electron chi connectivity index (χ1n) is 37.3. The zero-order valence-electron chi connectivity index (χ0n) is 54.9. The van der Waals surface area contributed by atoms with Crippen LogP contribution < -0.4 is 5.32 Å². The summed E-state index contributed by atoms with van der Waals surface area (Å²) in [5.74, 6) is -0.00151. The molecule has 0 heterocycles. The van der Waals surface area contributed by atoms with Crippen molar-refractivity contribution in [2.45, 2.75) is 450 Å². The Kier molecular flexibility index (Phi) is 69.3. The molecule has 6 heteroatoms. The number of aliphatic hydroxyl groups excluding tert-OH is 2. The van der Waals surface area contributed by atoms with Crippen molar-refractivity contribution in [1.82, 2.24) is 5.32 Å². The van der Waals surface area contributed by atoms with E-state index < -0.39 is 12.1 Å². The summed E-state index contributed by atoms with van der Waals surface area (Å²) in [6, 6.07) is -0.537. The number of amides is 1. The van der Waals surface area contributed by atoms with E-state index in [9.17, 15) is 19.8 Å². The van der Waals surface area contributed by atoms with Gasteiger partial charge in [-0.2, -0.15) is 0 Å². The lowest BCUT2D eigenvalue weighted by molar-refractivity contribution is -0.143. The molecule has 0 aromatic carbocycles. The number of hydrogen-bond donors (Lipinski definition) is 3. The summed E-state index contributed by atoms with van der Waals surface area (Å²) in [7, 11) is 0. The second kappa shape index (κ2) is 70.3. The molecule has 0 aromatic heterocycles. The summed E-state index contributed by atoms with van der Waals surface area (Å²) >= 11 is 0. The second-order valence-corrected chi connectivity index (χ2v) is 26.0. The Morgan fingerprint density at radius 3 is 0.762 bits per heavy atom. The van der Waals surface area contributed by atoms with Gasteiger partial charge in [-0.05, 0) is 25.7 Å². The van der Waals surface area contributed by atoms with E-state index in [2.05, 4.69) is 19.2 Å². The van der Waals surface area contributed by atoms with Crippen molar-refractivity contribution in [3.05, 3.63) is 0 Å². The fourth-order valence-electron chi connectivity index (χ4n) is 12.2. The fraction of sp³-hybridized carbons (Fsp3) is 0.973. The van der Waals surface area contributed by atoms with Gasteiger partial charge in [-0.25, -0.2) is 0 Å². The molecule has 478 valence electrons. The largest absolute Gasteiger partial charge is 0.466 e. The van der Waals surface area contributed by atoms with Gasteiger partial charge < -0.3 is 20.3 Å². The van der Waals surface area contributed by atoms with Crippen LogP contribution in [0.5, 0.6) is 0 Å². The molecule has 6 nitrogen and oxygen atoms in total. The van der Waals surface area contributed by atoms with Crippen LogP contribution in [0.2, 0.25) is 0 Å². The topological polar surface area (TPSA) is 95.9 Å². The summed E-state index contributed by atoms with van der Waals surface area (Å²) in [5, 5.41) is 23.4. The SMILES string of the molecule is CCCCCCCCCCCCCCCCCCCCC(O)C(CO)NC(=O)CCCCCCCCCCCCCCCCCCCCCCCCCCCCCCCCCCCOC(=O)CCCCCCCCCCCCCC. The smallest absolute Gasteiger partial charge is 0.305 e. The van der Waals surface area contributed by atoms with Gasteiger partial charge in [-0.15, -0.1) is 0 Å². The summed E-state index contributed by atoms with van der Waals surface area (Å²) in [5.41, 5.74) is 0. The zero-order chi connectivity index (χ0) is 57.8. The lowest BCUT2D eigenvalue weighted by Crippen LogP contribution is -2.45. The third-order valence-corrected chi connectivity index (χ3v) is 17.9. The number of nitrogens with one attached hydrogen (secondary N) is 1. The Bertz CT molecular complexity index is 1160. The van der Waals surface area contributed by atoms with Crippen molar-refractivity contribution in [2.24, 2.45) is 0 Å². The quantitative estimate of drug-likeness (QED) is 0.0417. The molecule has 0 bridgehead atoms. The maximum atomic E-state index is 12.5. The maximum Gasteiger partial charge on any atom is 0.305 e. The van der Waals surface area contributed by atoms with E-state index in [0.717, 1.165) is 38.5 Å². The van der Waals surface area contributed by atoms with Crippen molar-refractivity contribution in [1.29, 1.82) is 0 Å². The van der Waals surface area contributed by atoms with Crippen molar-refractivity contribution in [3.8, 4) is 0 Å².